The summed E-state index contributed by atoms with van der Waals surface area (Å²) in [5.41, 5.74) is 1.37. The highest BCUT2D eigenvalue weighted by Gasteiger charge is 2.43. The average molecular weight is 327 g/mol. The molecule has 0 bridgehead atoms. The number of rotatable bonds is 2. The van der Waals surface area contributed by atoms with Gasteiger partial charge in [0, 0.05) is 24.2 Å². The predicted octanol–water partition coefficient (Wildman–Crippen LogP) is 1.93. The lowest BCUT2D eigenvalue weighted by Crippen LogP contribution is -2.57. The number of benzene rings is 1. The highest BCUT2D eigenvalue weighted by molar-refractivity contribution is 5.94. The van der Waals surface area contributed by atoms with Gasteiger partial charge in [-0.2, -0.15) is 0 Å². The van der Waals surface area contributed by atoms with Crippen LogP contribution in [-0.2, 0) is 4.74 Å². The third kappa shape index (κ3) is 2.83. The molecular formula is C18H21N3O3. The van der Waals surface area contributed by atoms with Gasteiger partial charge in [0.2, 0.25) is 0 Å². The van der Waals surface area contributed by atoms with E-state index in [0.29, 0.717) is 24.4 Å². The highest BCUT2D eigenvalue weighted by atomic mass is 16.5. The van der Waals surface area contributed by atoms with Gasteiger partial charge in [-0.05, 0) is 32.0 Å². The summed E-state index contributed by atoms with van der Waals surface area (Å²) in [6, 6.07) is 7.48. The van der Waals surface area contributed by atoms with Gasteiger partial charge in [0.1, 0.15) is 0 Å². The zero-order valence-electron chi connectivity index (χ0n) is 13.7. The molecule has 126 valence electrons. The molecule has 2 atom stereocenters. The van der Waals surface area contributed by atoms with Crippen molar-refractivity contribution in [2.24, 2.45) is 0 Å². The fourth-order valence-electron chi connectivity index (χ4n) is 3.65. The Kier molecular flexibility index (Phi) is 3.86. The van der Waals surface area contributed by atoms with Gasteiger partial charge < -0.3 is 19.4 Å². The predicted molar refractivity (Wildman–Crippen MR) is 88.6 cm³/mol. The van der Waals surface area contributed by atoms with Crippen LogP contribution in [0.5, 0.6) is 0 Å². The van der Waals surface area contributed by atoms with E-state index in [4.69, 9.17) is 9.15 Å². The van der Waals surface area contributed by atoms with Crippen LogP contribution in [-0.4, -0.2) is 53.7 Å². The maximum atomic E-state index is 12.9. The molecule has 2 fully saturated rings. The van der Waals surface area contributed by atoms with E-state index in [1.54, 1.807) is 6.20 Å². The monoisotopic (exact) mass is 327 g/mol. The maximum Gasteiger partial charge on any atom is 0.254 e. The molecule has 1 spiro atoms. The smallest absolute Gasteiger partial charge is 0.254 e. The van der Waals surface area contributed by atoms with Gasteiger partial charge >= 0.3 is 0 Å². The van der Waals surface area contributed by atoms with E-state index in [1.807, 2.05) is 36.1 Å². The van der Waals surface area contributed by atoms with Gasteiger partial charge in [-0.15, -0.1) is 0 Å². The van der Waals surface area contributed by atoms with Crippen molar-refractivity contribution in [3.05, 3.63) is 42.4 Å². The van der Waals surface area contributed by atoms with E-state index in [2.05, 4.69) is 10.3 Å². The van der Waals surface area contributed by atoms with Crippen LogP contribution in [0.1, 0.15) is 23.7 Å². The van der Waals surface area contributed by atoms with Crippen molar-refractivity contribution in [2.75, 3.05) is 26.2 Å². The number of aromatic nitrogens is 1. The normalized spacial score (nSPS) is 26.9. The van der Waals surface area contributed by atoms with Crippen LogP contribution in [0.3, 0.4) is 0 Å². The lowest BCUT2D eigenvalue weighted by molar-refractivity contribution is -0.127. The Morgan fingerprint density at radius 1 is 1.38 bits per heavy atom. The molecule has 2 aliphatic rings. The Hall–Kier alpha value is -2.18. The Bertz CT molecular complexity index is 706. The highest BCUT2D eigenvalue weighted by Crippen LogP contribution is 2.29. The molecule has 6 nitrogen and oxygen atoms in total. The second-order valence-electron chi connectivity index (χ2n) is 6.67. The minimum atomic E-state index is -0.229. The van der Waals surface area contributed by atoms with Crippen molar-refractivity contribution in [1.82, 2.24) is 15.2 Å². The molecule has 2 saturated heterocycles. The van der Waals surface area contributed by atoms with Crippen LogP contribution in [0, 0.1) is 0 Å². The zero-order chi connectivity index (χ0) is 16.6. The molecule has 6 heteroatoms. The van der Waals surface area contributed by atoms with E-state index in [9.17, 15) is 4.79 Å². The van der Waals surface area contributed by atoms with Gasteiger partial charge in [0.15, 0.2) is 12.2 Å². The van der Waals surface area contributed by atoms with Crippen LogP contribution >= 0.6 is 0 Å². The molecule has 1 N–H and O–H groups in total. The Morgan fingerprint density at radius 3 is 2.88 bits per heavy atom. The number of hydrogen-bond acceptors (Lipinski definition) is 5. The van der Waals surface area contributed by atoms with Crippen LogP contribution in [0.25, 0.3) is 11.3 Å². The first-order chi connectivity index (χ1) is 11.7. The quantitative estimate of drug-likeness (QED) is 0.913. The minimum Gasteiger partial charge on any atom is -0.444 e. The number of nitrogens with zero attached hydrogens (tertiary/aromatic N) is 2. The molecule has 3 heterocycles. The van der Waals surface area contributed by atoms with Crippen molar-refractivity contribution in [3.63, 3.8) is 0 Å². The summed E-state index contributed by atoms with van der Waals surface area (Å²) in [7, 11) is 0. The summed E-state index contributed by atoms with van der Waals surface area (Å²) in [4.78, 5) is 18.7. The number of ether oxygens (including phenoxy) is 1. The molecule has 0 aliphatic carbocycles. The Morgan fingerprint density at radius 2 is 2.21 bits per heavy atom. The van der Waals surface area contributed by atoms with E-state index < -0.39 is 0 Å². The van der Waals surface area contributed by atoms with Crippen LogP contribution < -0.4 is 5.32 Å². The molecule has 1 aromatic carbocycles. The first-order valence-corrected chi connectivity index (χ1v) is 8.32. The molecular weight excluding hydrogens is 306 g/mol. The first-order valence-electron chi connectivity index (χ1n) is 8.32. The maximum absolute atomic E-state index is 12.9. The van der Waals surface area contributed by atoms with Gasteiger partial charge in [0.25, 0.3) is 5.91 Å². The van der Waals surface area contributed by atoms with E-state index >= 15 is 0 Å². The zero-order valence-corrected chi connectivity index (χ0v) is 13.7. The number of carbonyl (C=O) groups excluding carboxylic acids is 1. The molecule has 0 radical (unpaired) electrons. The fraction of sp³-hybridized carbons (Fsp3) is 0.444. The summed E-state index contributed by atoms with van der Waals surface area (Å²) in [6.07, 6.45) is 4.07. The van der Waals surface area contributed by atoms with Crippen LogP contribution in [0.4, 0.5) is 0 Å². The summed E-state index contributed by atoms with van der Waals surface area (Å²) in [6.45, 7) is 5.07. The SMILES string of the molecule is CC1CN(C(=O)c2ccc(-c3cnco3)cc2)CC2(CCNC2)O1. The standard InChI is InChI=1S/C18H21N3O3/c1-13-9-21(11-18(24-13)6-7-19-10-18)17(22)15-4-2-14(3-5-15)16-8-20-12-23-16/h2-5,8,12-13,19H,6-7,9-11H2,1H3. The van der Waals surface area contributed by atoms with Crippen LogP contribution in [0.2, 0.25) is 0 Å². The van der Waals surface area contributed by atoms with Gasteiger partial charge in [-0.3, -0.25) is 4.79 Å². The van der Waals surface area contributed by atoms with Gasteiger partial charge in [-0.25, -0.2) is 4.98 Å². The lowest BCUT2D eigenvalue weighted by Gasteiger charge is -2.43. The fourth-order valence-corrected chi connectivity index (χ4v) is 3.65. The second-order valence-corrected chi connectivity index (χ2v) is 6.67. The third-order valence-corrected chi connectivity index (χ3v) is 4.75. The number of morpholine rings is 1. The van der Waals surface area contributed by atoms with E-state index in [0.717, 1.165) is 25.1 Å². The van der Waals surface area contributed by atoms with Crippen molar-refractivity contribution >= 4 is 5.91 Å². The number of carbonyl (C=O) groups is 1. The Balaban J connectivity index is 1.52. The van der Waals surface area contributed by atoms with E-state index in [-0.39, 0.29) is 17.6 Å². The average Bonchev–Trinajstić information content (AvgIpc) is 3.26. The second kappa shape index (κ2) is 6.03. The van der Waals surface area contributed by atoms with Crippen molar-refractivity contribution in [3.8, 4) is 11.3 Å². The molecule has 24 heavy (non-hydrogen) atoms. The largest absolute Gasteiger partial charge is 0.444 e. The topological polar surface area (TPSA) is 67.6 Å². The first kappa shape index (κ1) is 15.4. The summed E-state index contributed by atoms with van der Waals surface area (Å²) in [5, 5.41) is 3.35. The van der Waals surface area contributed by atoms with Crippen LogP contribution in [0.15, 0.2) is 41.3 Å². The molecule has 2 unspecified atom stereocenters. The molecule has 2 aliphatic heterocycles. The molecule has 1 amide bonds. The number of hydrogen-bond donors (Lipinski definition) is 1. The third-order valence-electron chi connectivity index (χ3n) is 4.75. The number of nitrogens with one attached hydrogen (secondary N) is 1. The van der Waals surface area contributed by atoms with Crippen molar-refractivity contribution in [2.45, 2.75) is 25.0 Å². The van der Waals surface area contributed by atoms with Crippen molar-refractivity contribution < 1.29 is 13.9 Å². The Labute approximate surface area is 140 Å². The number of oxazole rings is 1. The van der Waals surface area contributed by atoms with Gasteiger partial charge in [0.05, 0.1) is 24.4 Å². The molecule has 2 aromatic rings. The van der Waals surface area contributed by atoms with E-state index in [1.165, 1.54) is 6.39 Å². The minimum absolute atomic E-state index is 0.0519. The van der Waals surface area contributed by atoms with Gasteiger partial charge in [-0.1, -0.05) is 12.1 Å². The van der Waals surface area contributed by atoms with Crippen molar-refractivity contribution in [1.29, 1.82) is 0 Å². The summed E-state index contributed by atoms with van der Waals surface area (Å²) < 4.78 is 11.4. The molecule has 0 saturated carbocycles. The summed E-state index contributed by atoms with van der Waals surface area (Å²) >= 11 is 0. The lowest BCUT2D eigenvalue weighted by atomic mass is 9.98. The molecule has 1 aromatic heterocycles. The molecule has 4 rings (SSSR count). The number of amides is 1. The summed E-state index contributed by atoms with van der Waals surface area (Å²) in [5.74, 6) is 0.755.